The molecule has 0 bridgehead atoms. The highest BCUT2D eigenvalue weighted by Crippen LogP contribution is 2.27. The molecule has 0 unspecified atom stereocenters. The van der Waals surface area contributed by atoms with Crippen molar-refractivity contribution in [2.45, 2.75) is 31.7 Å². The number of aliphatic hydroxyl groups excluding tert-OH is 3. The third-order valence-electron chi connectivity index (χ3n) is 4.50. The van der Waals surface area contributed by atoms with Gasteiger partial charge >= 0.3 is 0 Å². The average Bonchev–Trinajstić information content (AvgIpc) is 2.78. The number of benzene rings is 2. The van der Waals surface area contributed by atoms with Crippen molar-refractivity contribution in [2.24, 2.45) is 0 Å². The largest absolute Gasteiger partial charge is 0.491 e. The van der Waals surface area contributed by atoms with Crippen molar-refractivity contribution in [3.8, 4) is 5.75 Å². The normalized spacial score (nSPS) is 12.6. The van der Waals surface area contributed by atoms with Gasteiger partial charge in [-0.05, 0) is 23.3 Å². The molecule has 0 aromatic heterocycles. The smallest absolute Gasteiger partial charge is 0.125 e. The molecule has 2 aromatic carbocycles. The molecule has 6 nitrogen and oxygen atoms in total. The van der Waals surface area contributed by atoms with E-state index in [1.165, 1.54) is 0 Å². The van der Waals surface area contributed by atoms with Gasteiger partial charge in [0, 0.05) is 25.5 Å². The zero-order valence-corrected chi connectivity index (χ0v) is 17.9. The summed E-state index contributed by atoms with van der Waals surface area (Å²) in [6.45, 7) is 1.06. The fraction of sp³-hybridized carbons (Fsp3) is 0.400. The first-order chi connectivity index (χ1) is 15.1. The predicted octanol–water partition coefficient (Wildman–Crippen LogP) is 3.18. The van der Waals surface area contributed by atoms with Crippen molar-refractivity contribution in [1.82, 2.24) is 0 Å². The molecule has 2 rings (SSSR count). The van der Waals surface area contributed by atoms with E-state index >= 15 is 0 Å². The minimum absolute atomic E-state index is 0.0924. The number of ether oxygens (including phenoxy) is 3. The first-order valence-electron chi connectivity index (χ1n) is 10.4. The highest BCUT2D eigenvalue weighted by Gasteiger charge is 2.12. The second-order valence-electron chi connectivity index (χ2n) is 7.11. The van der Waals surface area contributed by atoms with Crippen molar-refractivity contribution >= 4 is 0 Å². The minimum Gasteiger partial charge on any atom is -0.491 e. The van der Waals surface area contributed by atoms with E-state index in [1.54, 1.807) is 25.3 Å². The molecular weight excluding hydrogens is 396 g/mol. The Kier molecular flexibility index (Phi) is 11.6. The lowest BCUT2D eigenvalue weighted by Gasteiger charge is -2.14. The molecule has 6 heteroatoms. The first-order valence-corrected chi connectivity index (χ1v) is 10.4. The fourth-order valence-corrected chi connectivity index (χ4v) is 3.05. The van der Waals surface area contributed by atoms with Crippen LogP contribution in [0.5, 0.6) is 5.75 Å². The van der Waals surface area contributed by atoms with E-state index in [1.807, 2.05) is 42.5 Å². The SMILES string of the molecule is COCC(=C=CC[C@@H](O)c1ccccc1OCCO)C[C@@H](O)COCc1ccccc1. The molecule has 0 spiro atoms. The van der Waals surface area contributed by atoms with Gasteiger partial charge in [-0.1, -0.05) is 48.5 Å². The van der Waals surface area contributed by atoms with Crippen LogP contribution in [-0.4, -0.2) is 55.0 Å². The quantitative estimate of drug-likeness (QED) is 0.401. The summed E-state index contributed by atoms with van der Waals surface area (Å²) in [7, 11) is 1.59. The molecule has 0 aliphatic carbocycles. The maximum Gasteiger partial charge on any atom is 0.125 e. The summed E-state index contributed by atoms with van der Waals surface area (Å²) in [5, 5.41) is 29.8. The molecule has 0 heterocycles. The molecule has 168 valence electrons. The fourth-order valence-electron chi connectivity index (χ4n) is 3.05. The molecule has 0 saturated carbocycles. The van der Waals surface area contributed by atoms with E-state index in [0.717, 1.165) is 11.1 Å². The molecule has 0 radical (unpaired) electrons. The summed E-state index contributed by atoms with van der Waals surface area (Å²) < 4.78 is 16.3. The number of rotatable bonds is 14. The van der Waals surface area contributed by atoms with Gasteiger partial charge in [-0.3, -0.25) is 0 Å². The Labute approximate surface area is 184 Å². The Morgan fingerprint density at radius 2 is 1.81 bits per heavy atom. The summed E-state index contributed by atoms with van der Waals surface area (Å²) in [6, 6.07) is 17.0. The first kappa shape index (κ1) is 24.8. The van der Waals surface area contributed by atoms with Crippen LogP contribution in [0.4, 0.5) is 0 Å². The standard InChI is InChI=1S/C25H32O6/c1-29-17-21(16-22(27)19-30-18-20-8-3-2-4-9-20)10-7-12-24(28)23-11-5-6-13-25(23)31-15-14-26/h2-9,11,13,22,24,26-28H,12,14-19H2,1H3/t10?,22-,24-/m1/s1. The van der Waals surface area contributed by atoms with E-state index in [-0.39, 0.29) is 19.8 Å². The Bertz CT molecular complexity index is 814. The number of para-hydroxylation sites is 1. The highest BCUT2D eigenvalue weighted by atomic mass is 16.5. The molecule has 2 atom stereocenters. The van der Waals surface area contributed by atoms with E-state index in [4.69, 9.17) is 19.3 Å². The maximum atomic E-state index is 10.5. The van der Waals surface area contributed by atoms with Gasteiger partial charge in [-0.15, -0.1) is 5.73 Å². The van der Waals surface area contributed by atoms with Crippen LogP contribution in [0.25, 0.3) is 0 Å². The zero-order chi connectivity index (χ0) is 22.3. The van der Waals surface area contributed by atoms with Gasteiger partial charge in [0.15, 0.2) is 0 Å². The van der Waals surface area contributed by atoms with Gasteiger partial charge in [0.2, 0.25) is 0 Å². The molecular formula is C25H32O6. The van der Waals surface area contributed by atoms with Crippen LogP contribution >= 0.6 is 0 Å². The van der Waals surface area contributed by atoms with E-state index in [9.17, 15) is 10.2 Å². The van der Waals surface area contributed by atoms with Gasteiger partial charge in [-0.25, -0.2) is 0 Å². The summed E-state index contributed by atoms with van der Waals surface area (Å²) in [5.41, 5.74) is 5.63. The van der Waals surface area contributed by atoms with E-state index in [0.29, 0.717) is 37.4 Å². The Hall–Kier alpha value is -2.44. The van der Waals surface area contributed by atoms with Crippen molar-refractivity contribution in [3.63, 3.8) is 0 Å². The summed E-state index contributed by atoms with van der Waals surface area (Å²) in [5.74, 6) is 0.546. The molecule has 0 amide bonds. The minimum atomic E-state index is -0.773. The second-order valence-corrected chi connectivity index (χ2v) is 7.11. The van der Waals surface area contributed by atoms with Crippen LogP contribution < -0.4 is 4.74 Å². The van der Waals surface area contributed by atoms with Crippen molar-refractivity contribution < 1.29 is 29.5 Å². The lowest BCUT2D eigenvalue weighted by atomic mass is 10.0. The van der Waals surface area contributed by atoms with Crippen LogP contribution in [0.2, 0.25) is 0 Å². The van der Waals surface area contributed by atoms with Crippen molar-refractivity contribution in [1.29, 1.82) is 0 Å². The topological polar surface area (TPSA) is 88.4 Å². The lowest BCUT2D eigenvalue weighted by molar-refractivity contribution is 0.0273. The molecule has 0 aliphatic rings. The molecule has 2 aromatic rings. The number of hydrogen-bond acceptors (Lipinski definition) is 6. The highest BCUT2D eigenvalue weighted by molar-refractivity contribution is 5.35. The molecule has 3 N–H and O–H groups in total. The van der Waals surface area contributed by atoms with Crippen molar-refractivity contribution in [2.75, 3.05) is 33.5 Å². The molecule has 0 saturated heterocycles. The van der Waals surface area contributed by atoms with Crippen LogP contribution in [0.1, 0.15) is 30.1 Å². The zero-order valence-electron chi connectivity index (χ0n) is 17.9. The molecule has 0 fully saturated rings. The number of methoxy groups -OCH3 is 1. The van der Waals surface area contributed by atoms with Gasteiger partial charge in [0.05, 0.1) is 38.6 Å². The van der Waals surface area contributed by atoms with Crippen LogP contribution in [0.15, 0.2) is 72.0 Å². The van der Waals surface area contributed by atoms with Gasteiger partial charge in [0.25, 0.3) is 0 Å². The van der Waals surface area contributed by atoms with Crippen LogP contribution in [-0.2, 0) is 16.1 Å². The summed E-state index contributed by atoms with van der Waals surface area (Å²) >= 11 is 0. The number of hydrogen-bond donors (Lipinski definition) is 3. The Morgan fingerprint density at radius 3 is 2.55 bits per heavy atom. The third-order valence-corrected chi connectivity index (χ3v) is 4.50. The van der Waals surface area contributed by atoms with Crippen LogP contribution in [0, 0.1) is 0 Å². The van der Waals surface area contributed by atoms with Gasteiger partial charge in [0.1, 0.15) is 12.4 Å². The lowest BCUT2D eigenvalue weighted by Crippen LogP contribution is -2.17. The third kappa shape index (κ3) is 9.49. The van der Waals surface area contributed by atoms with E-state index in [2.05, 4.69) is 5.73 Å². The Balaban J connectivity index is 1.90. The van der Waals surface area contributed by atoms with Gasteiger partial charge < -0.3 is 29.5 Å². The Morgan fingerprint density at radius 1 is 1.06 bits per heavy atom. The molecule has 0 aliphatic heterocycles. The van der Waals surface area contributed by atoms with E-state index < -0.39 is 12.2 Å². The average molecular weight is 429 g/mol. The monoisotopic (exact) mass is 428 g/mol. The second kappa shape index (κ2) is 14.5. The number of aliphatic hydroxyl groups is 3. The molecule has 31 heavy (non-hydrogen) atoms. The summed E-state index contributed by atoms with van der Waals surface area (Å²) in [6.07, 6.45) is 0.982. The van der Waals surface area contributed by atoms with Gasteiger partial charge in [-0.2, -0.15) is 0 Å². The predicted molar refractivity (Wildman–Crippen MR) is 119 cm³/mol. The van der Waals surface area contributed by atoms with Crippen LogP contribution in [0.3, 0.4) is 0 Å². The van der Waals surface area contributed by atoms with Crippen molar-refractivity contribution in [3.05, 3.63) is 83.1 Å². The maximum absolute atomic E-state index is 10.5. The summed E-state index contributed by atoms with van der Waals surface area (Å²) in [4.78, 5) is 0.